The third-order valence-electron chi connectivity index (χ3n) is 5.75. The van der Waals surface area contributed by atoms with Gasteiger partial charge in [-0.1, -0.05) is 42.5 Å². The topological polar surface area (TPSA) is 37.4 Å². The molecule has 2 aromatic rings. The van der Waals surface area contributed by atoms with Crippen molar-refractivity contribution in [2.75, 3.05) is 4.90 Å². The quantitative estimate of drug-likeness (QED) is 0.597. The number of imide groups is 1. The predicted octanol–water partition coefficient (Wildman–Crippen LogP) is 3.54. The van der Waals surface area contributed by atoms with E-state index in [1.54, 1.807) is 0 Å². The Balaban J connectivity index is 1.60. The highest BCUT2D eigenvalue weighted by atomic mass is 16.2. The fourth-order valence-corrected chi connectivity index (χ4v) is 4.64. The molecule has 2 amide bonds. The van der Waals surface area contributed by atoms with Crippen LogP contribution in [0.1, 0.15) is 12.8 Å². The van der Waals surface area contributed by atoms with Gasteiger partial charge in [-0.3, -0.25) is 9.59 Å². The highest BCUT2D eigenvalue weighted by Gasteiger charge is 2.56. The molecular weight excluding hydrogens is 286 g/mol. The predicted molar refractivity (Wildman–Crippen MR) is 88.8 cm³/mol. The van der Waals surface area contributed by atoms with Crippen molar-refractivity contribution < 1.29 is 9.59 Å². The molecule has 0 spiro atoms. The Bertz CT molecular complexity index is 837. The van der Waals surface area contributed by atoms with Crippen molar-refractivity contribution in [2.24, 2.45) is 23.7 Å². The summed E-state index contributed by atoms with van der Waals surface area (Å²) >= 11 is 0. The largest absolute Gasteiger partial charge is 0.274 e. The molecule has 2 fully saturated rings. The number of benzene rings is 2. The van der Waals surface area contributed by atoms with Crippen molar-refractivity contribution in [3.05, 3.63) is 54.6 Å². The Morgan fingerprint density at radius 3 is 2.00 bits per heavy atom. The van der Waals surface area contributed by atoms with E-state index in [0.717, 1.165) is 23.6 Å². The highest BCUT2D eigenvalue weighted by Crippen LogP contribution is 2.50. The summed E-state index contributed by atoms with van der Waals surface area (Å²) in [4.78, 5) is 27.3. The molecule has 0 unspecified atom stereocenters. The first-order chi connectivity index (χ1) is 11.2. The second-order valence-electron chi connectivity index (χ2n) is 6.88. The zero-order valence-corrected chi connectivity index (χ0v) is 12.7. The summed E-state index contributed by atoms with van der Waals surface area (Å²) in [6, 6.07) is 13.9. The number of hydrogen-bond acceptors (Lipinski definition) is 2. The molecule has 0 N–H and O–H groups in total. The van der Waals surface area contributed by atoms with Gasteiger partial charge in [0.2, 0.25) is 11.8 Å². The first-order valence-corrected chi connectivity index (χ1v) is 8.29. The van der Waals surface area contributed by atoms with Crippen LogP contribution in [0.25, 0.3) is 10.8 Å². The number of carbonyl (C=O) groups excluding carboxylic acids is 2. The van der Waals surface area contributed by atoms with Gasteiger partial charge in [-0.05, 0) is 47.6 Å². The third-order valence-corrected chi connectivity index (χ3v) is 5.75. The monoisotopic (exact) mass is 303 g/mol. The maximum absolute atomic E-state index is 12.9. The molecule has 1 saturated heterocycles. The molecular formula is C20H17NO2. The van der Waals surface area contributed by atoms with Crippen molar-refractivity contribution in [3.8, 4) is 0 Å². The van der Waals surface area contributed by atoms with Gasteiger partial charge in [-0.2, -0.15) is 0 Å². The van der Waals surface area contributed by atoms with E-state index in [2.05, 4.69) is 12.2 Å². The van der Waals surface area contributed by atoms with E-state index in [0.29, 0.717) is 5.69 Å². The molecule has 1 heterocycles. The molecule has 4 aliphatic rings. The van der Waals surface area contributed by atoms with E-state index >= 15 is 0 Å². The van der Waals surface area contributed by atoms with Crippen LogP contribution in [0.4, 0.5) is 5.69 Å². The average molecular weight is 303 g/mol. The number of amides is 2. The highest BCUT2D eigenvalue weighted by molar-refractivity contribution is 6.23. The SMILES string of the molecule is O=C1[C@@H]2[C@H](C(=O)N1c1ccc3ccccc3c1)[C@@H]1C=C[C@H]2CC1. The minimum Gasteiger partial charge on any atom is -0.274 e. The van der Waals surface area contributed by atoms with E-state index in [1.807, 2.05) is 42.5 Å². The van der Waals surface area contributed by atoms with Crippen LogP contribution in [0.2, 0.25) is 0 Å². The summed E-state index contributed by atoms with van der Waals surface area (Å²) in [5.74, 6) is 0.193. The lowest BCUT2D eigenvalue weighted by Crippen LogP contribution is -2.38. The third kappa shape index (κ3) is 1.70. The van der Waals surface area contributed by atoms with Gasteiger partial charge in [-0.15, -0.1) is 0 Å². The average Bonchev–Trinajstić information content (AvgIpc) is 2.89. The van der Waals surface area contributed by atoms with Crippen molar-refractivity contribution in [3.63, 3.8) is 0 Å². The van der Waals surface area contributed by atoms with Crippen LogP contribution in [-0.2, 0) is 9.59 Å². The van der Waals surface area contributed by atoms with Gasteiger partial charge in [0, 0.05) is 0 Å². The summed E-state index contributed by atoms with van der Waals surface area (Å²) in [5, 5.41) is 2.18. The Labute approximate surface area is 134 Å². The van der Waals surface area contributed by atoms with E-state index < -0.39 is 0 Å². The molecule has 3 aliphatic carbocycles. The fraction of sp³-hybridized carbons (Fsp3) is 0.300. The number of rotatable bonds is 1. The van der Waals surface area contributed by atoms with Crippen molar-refractivity contribution in [1.82, 2.24) is 0 Å². The van der Waals surface area contributed by atoms with Gasteiger partial charge in [0.05, 0.1) is 17.5 Å². The molecule has 2 bridgehead atoms. The van der Waals surface area contributed by atoms with Crippen molar-refractivity contribution >= 4 is 28.3 Å². The van der Waals surface area contributed by atoms with Crippen LogP contribution in [0.15, 0.2) is 54.6 Å². The molecule has 1 saturated carbocycles. The van der Waals surface area contributed by atoms with Crippen molar-refractivity contribution in [1.29, 1.82) is 0 Å². The van der Waals surface area contributed by atoms with Gasteiger partial charge in [0.15, 0.2) is 0 Å². The van der Waals surface area contributed by atoms with Gasteiger partial charge in [0.1, 0.15) is 0 Å². The zero-order valence-electron chi connectivity index (χ0n) is 12.7. The van der Waals surface area contributed by atoms with Gasteiger partial charge in [0.25, 0.3) is 0 Å². The summed E-state index contributed by atoms with van der Waals surface area (Å²) in [7, 11) is 0. The molecule has 0 radical (unpaired) electrons. The van der Waals surface area contributed by atoms with Gasteiger partial charge in [-0.25, -0.2) is 4.90 Å². The molecule has 1 aliphatic heterocycles. The number of fused-ring (bicyclic) bond motifs is 2. The van der Waals surface area contributed by atoms with Crippen LogP contribution < -0.4 is 4.90 Å². The van der Waals surface area contributed by atoms with E-state index in [4.69, 9.17) is 0 Å². The zero-order chi connectivity index (χ0) is 15.6. The number of allylic oxidation sites excluding steroid dienone is 2. The van der Waals surface area contributed by atoms with Crippen LogP contribution in [-0.4, -0.2) is 11.8 Å². The van der Waals surface area contributed by atoms with Gasteiger partial charge < -0.3 is 0 Å². The minimum absolute atomic E-state index is 0.00525. The lowest BCUT2D eigenvalue weighted by molar-refractivity contribution is -0.124. The molecule has 4 atom stereocenters. The second-order valence-corrected chi connectivity index (χ2v) is 6.88. The molecule has 3 nitrogen and oxygen atoms in total. The molecule has 23 heavy (non-hydrogen) atoms. The normalized spacial score (nSPS) is 31.9. The lowest BCUT2D eigenvalue weighted by Gasteiger charge is -2.38. The maximum Gasteiger partial charge on any atom is 0.238 e. The number of anilines is 1. The molecule has 114 valence electrons. The lowest BCUT2D eigenvalue weighted by atomic mass is 9.63. The number of carbonyl (C=O) groups is 2. The van der Waals surface area contributed by atoms with Crippen molar-refractivity contribution in [2.45, 2.75) is 12.8 Å². The Kier molecular flexibility index (Phi) is 2.58. The first kappa shape index (κ1) is 13.1. The smallest absolute Gasteiger partial charge is 0.238 e. The summed E-state index contributed by atoms with van der Waals surface area (Å²) < 4.78 is 0. The minimum atomic E-state index is -0.141. The van der Waals surface area contributed by atoms with E-state index in [1.165, 1.54) is 4.90 Å². The summed E-state index contributed by atoms with van der Waals surface area (Å²) in [5.41, 5.74) is 0.715. The van der Waals surface area contributed by atoms with Crippen LogP contribution in [0, 0.1) is 23.7 Å². The fourth-order valence-electron chi connectivity index (χ4n) is 4.64. The molecule has 6 rings (SSSR count). The Hall–Kier alpha value is -2.42. The van der Waals surface area contributed by atoms with E-state index in [9.17, 15) is 9.59 Å². The molecule has 0 aromatic heterocycles. The number of hydrogen-bond donors (Lipinski definition) is 0. The van der Waals surface area contributed by atoms with Gasteiger partial charge >= 0.3 is 0 Å². The Morgan fingerprint density at radius 1 is 0.783 bits per heavy atom. The molecule has 3 heteroatoms. The number of nitrogens with zero attached hydrogens (tertiary/aromatic N) is 1. The first-order valence-electron chi connectivity index (χ1n) is 8.29. The Morgan fingerprint density at radius 2 is 1.39 bits per heavy atom. The van der Waals surface area contributed by atoms with E-state index in [-0.39, 0.29) is 35.5 Å². The maximum atomic E-state index is 12.9. The van der Waals surface area contributed by atoms with Crippen LogP contribution in [0.5, 0.6) is 0 Å². The standard InChI is InChI=1S/C20H17NO2/c22-19-17-13-5-6-14(8-7-13)18(17)20(23)21(19)16-10-9-12-3-1-2-4-15(12)11-16/h1-6,9-11,13-14,17-18H,7-8H2/t13-,14+,17-,18+. The summed E-state index contributed by atoms with van der Waals surface area (Å²) in [6.45, 7) is 0. The van der Waals surface area contributed by atoms with Crippen LogP contribution in [0.3, 0.4) is 0 Å². The summed E-state index contributed by atoms with van der Waals surface area (Å²) in [6.07, 6.45) is 6.38. The molecule has 2 aromatic carbocycles. The van der Waals surface area contributed by atoms with Crippen LogP contribution >= 0.6 is 0 Å². The second kappa shape index (κ2) is 4.54.